The van der Waals surface area contributed by atoms with E-state index in [-0.39, 0.29) is 0 Å². The van der Waals surface area contributed by atoms with Crippen LogP contribution in [-0.4, -0.2) is 16.8 Å². The lowest BCUT2D eigenvalue weighted by Gasteiger charge is -2.17. The number of halogens is 1. The Morgan fingerprint density at radius 3 is 2.74 bits per heavy atom. The van der Waals surface area contributed by atoms with Crippen LogP contribution in [0.1, 0.15) is 29.3 Å². The summed E-state index contributed by atoms with van der Waals surface area (Å²) in [6, 6.07) is 8.59. The summed E-state index contributed by atoms with van der Waals surface area (Å²) >= 11 is 6.13. The standard InChI is InChI=1S/C15H20ClN3/c1-11-8-12(10-13(16)9-11)15(17-2)5-4-14-6-7-18-19(14)3/h6-10,15,17H,4-5H2,1-3H3. The quantitative estimate of drug-likeness (QED) is 0.909. The van der Waals surface area contributed by atoms with Gasteiger partial charge in [-0.25, -0.2) is 0 Å². The van der Waals surface area contributed by atoms with E-state index in [2.05, 4.69) is 29.5 Å². The van der Waals surface area contributed by atoms with E-state index in [0.29, 0.717) is 6.04 Å². The zero-order valence-corrected chi connectivity index (χ0v) is 12.4. The molecule has 4 heteroatoms. The second-order valence-electron chi connectivity index (χ2n) is 4.89. The second-order valence-corrected chi connectivity index (χ2v) is 5.32. The lowest BCUT2D eigenvalue weighted by atomic mass is 9.99. The van der Waals surface area contributed by atoms with Crippen molar-refractivity contribution < 1.29 is 0 Å². The fourth-order valence-electron chi connectivity index (χ4n) is 2.38. The Morgan fingerprint density at radius 2 is 2.16 bits per heavy atom. The minimum absolute atomic E-state index is 0.312. The Labute approximate surface area is 119 Å². The van der Waals surface area contributed by atoms with Crippen molar-refractivity contribution >= 4 is 11.6 Å². The number of hydrogen-bond donors (Lipinski definition) is 1. The van der Waals surface area contributed by atoms with Crippen molar-refractivity contribution in [2.24, 2.45) is 7.05 Å². The molecule has 0 radical (unpaired) electrons. The molecule has 0 aliphatic carbocycles. The van der Waals surface area contributed by atoms with E-state index in [0.717, 1.165) is 17.9 Å². The van der Waals surface area contributed by atoms with Crippen molar-refractivity contribution in [2.45, 2.75) is 25.8 Å². The third kappa shape index (κ3) is 3.58. The predicted molar refractivity (Wildman–Crippen MR) is 79.5 cm³/mol. The number of rotatable bonds is 5. The van der Waals surface area contributed by atoms with Gasteiger partial charge in [-0.15, -0.1) is 0 Å². The molecule has 0 saturated heterocycles. The van der Waals surface area contributed by atoms with Crippen LogP contribution in [0.4, 0.5) is 0 Å². The smallest absolute Gasteiger partial charge is 0.0492 e. The summed E-state index contributed by atoms with van der Waals surface area (Å²) in [5.41, 5.74) is 3.69. The fraction of sp³-hybridized carbons (Fsp3) is 0.400. The Balaban J connectivity index is 2.09. The van der Waals surface area contributed by atoms with Gasteiger partial charge in [-0.3, -0.25) is 4.68 Å². The maximum atomic E-state index is 6.13. The van der Waals surface area contributed by atoms with Crippen LogP contribution in [0, 0.1) is 6.92 Å². The largest absolute Gasteiger partial charge is 0.313 e. The number of aryl methyl sites for hydroxylation is 3. The molecule has 3 nitrogen and oxygen atoms in total. The van der Waals surface area contributed by atoms with Gasteiger partial charge in [-0.2, -0.15) is 5.10 Å². The topological polar surface area (TPSA) is 29.9 Å². The van der Waals surface area contributed by atoms with E-state index in [1.54, 1.807) is 0 Å². The van der Waals surface area contributed by atoms with Crippen LogP contribution in [0.2, 0.25) is 5.02 Å². The monoisotopic (exact) mass is 277 g/mol. The number of benzene rings is 1. The lowest BCUT2D eigenvalue weighted by molar-refractivity contribution is 0.535. The third-order valence-corrected chi connectivity index (χ3v) is 3.65. The Hall–Kier alpha value is -1.32. The molecule has 0 bridgehead atoms. The van der Waals surface area contributed by atoms with Crippen LogP contribution in [0.15, 0.2) is 30.5 Å². The molecule has 0 fully saturated rings. The van der Waals surface area contributed by atoms with Crippen LogP contribution >= 0.6 is 11.6 Å². The zero-order valence-electron chi connectivity index (χ0n) is 11.7. The molecule has 1 heterocycles. The first-order valence-electron chi connectivity index (χ1n) is 6.51. The van der Waals surface area contributed by atoms with Crippen LogP contribution in [0.25, 0.3) is 0 Å². The molecule has 2 rings (SSSR count). The molecule has 1 aromatic carbocycles. The van der Waals surface area contributed by atoms with Crippen LogP contribution in [0.5, 0.6) is 0 Å². The van der Waals surface area contributed by atoms with Crippen molar-refractivity contribution in [2.75, 3.05) is 7.05 Å². The lowest BCUT2D eigenvalue weighted by Crippen LogP contribution is -2.17. The molecule has 2 aromatic rings. The van der Waals surface area contributed by atoms with E-state index in [1.807, 2.05) is 37.1 Å². The van der Waals surface area contributed by atoms with E-state index >= 15 is 0 Å². The molecule has 1 unspecified atom stereocenters. The van der Waals surface area contributed by atoms with Crippen molar-refractivity contribution in [1.82, 2.24) is 15.1 Å². The maximum Gasteiger partial charge on any atom is 0.0492 e. The average Bonchev–Trinajstić information content (AvgIpc) is 2.75. The molecule has 19 heavy (non-hydrogen) atoms. The number of nitrogens with zero attached hydrogens (tertiary/aromatic N) is 2. The first kappa shape index (κ1) is 14.1. The van der Waals surface area contributed by atoms with Gasteiger partial charge in [0.25, 0.3) is 0 Å². The Kier molecular flexibility index (Phi) is 4.61. The van der Waals surface area contributed by atoms with E-state index < -0.39 is 0 Å². The molecule has 0 saturated carbocycles. The van der Waals surface area contributed by atoms with Gasteiger partial charge in [0, 0.05) is 30.0 Å². The van der Waals surface area contributed by atoms with Gasteiger partial charge in [0.05, 0.1) is 0 Å². The van der Waals surface area contributed by atoms with Crippen molar-refractivity contribution in [3.8, 4) is 0 Å². The van der Waals surface area contributed by atoms with Gasteiger partial charge in [0.15, 0.2) is 0 Å². The SMILES string of the molecule is CNC(CCc1ccnn1C)c1cc(C)cc(Cl)c1. The van der Waals surface area contributed by atoms with Gasteiger partial charge in [-0.1, -0.05) is 17.7 Å². The maximum absolute atomic E-state index is 6.13. The summed E-state index contributed by atoms with van der Waals surface area (Å²) in [5.74, 6) is 0. The summed E-state index contributed by atoms with van der Waals surface area (Å²) in [6.07, 6.45) is 3.86. The van der Waals surface area contributed by atoms with E-state index in [9.17, 15) is 0 Å². The highest BCUT2D eigenvalue weighted by Crippen LogP contribution is 2.23. The number of hydrogen-bond acceptors (Lipinski definition) is 2. The highest BCUT2D eigenvalue weighted by molar-refractivity contribution is 6.30. The first-order valence-corrected chi connectivity index (χ1v) is 6.89. The summed E-state index contributed by atoms with van der Waals surface area (Å²) in [7, 11) is 3.97. The minimum Gasteiger partial charge on any atom is -0.313 e. The molecule has 1 aromatic heterocycles. The highest BCUT2D eigenvalue weighted by atomic mass is 35.5. The zero-order chi connectivity index (χ0) is 13.8. The molecule has 1 N–H and O–H groups in total. The molecule has 0 amide bonds. The van der Waals surface area contributed by atoms with Crippen molar-refractivity contribution in [3.63, 3.8) is 0 Å². The summed E-state index contributed by atoms with van der Waals surface area (Å²) in [4.78, 5) is 0. The van der Waals surface area contributed by atoms with E-state index in [4.69, 9.17) is 11.6 Å². The molecular weight excluding hydrogens is 258 g/mol. The summed E-state index contributed by atoms with van der Waals surface area (Å²) in [5, 5.41) is 8.36. The third-order valence-electron chi connectivity index (χ3n) is 3.43. The molecule has 0 aliphatic rings. The molecular formula is C15H20ClN3. The van der Waals surface area contributed by atoms with Gasteiger partial charge >= 0.3 is 0 Å². The van der Waals surface area contributed by atoms with Crippen LogP contribution in [-0.2, 0) is 13.5 Å². The van der Waals surface area contributed by atoms with Gasteiger partial charge in [0.1, 0.15) is 0 Å². The fourth-order valence-corrected chi connectivity index (χ4v) is 2.68. The summed E-state index contributed by atoms with van der Waals surface area (Å²) < 4.78 is 1.93. The van der Waals surface area contributed by atoms with Crippen molar-refractivity contribution in [3.05, 3.63) is 52.3 Å². The normalized spacial score (nSPS) is 12.6. The second kappa shape index (κ2) is 6.22. The summed E-state index contributed by atoms with van der Waals surface area (Å²) in [6.45, 7) is 2.07. The van der Waals surface area contributed by atoms with Gasteiger partial charge in [0.2, 0.25) is 0 Å². The van der Waals surface area contributed by atoms with E-state index in [1.165, 1.54) is 16.8 Å². The molecule has 0 aliphatic heterocycles. The van der Waals surface area contributed by atoms with Crippen LogP contribution in [0.3, 0.4) is 0 Å². The Morgan fingerprint density at radius 1 is 1.37 bits per heavy atom. The van der Waals surface area contributed by atoms with Gasteiger partial charge < -0.3 is 5.32 Å². The number of aromatic nitrogens is 2. The predicted octanol–water partition coefficient (Wildman–Crippen LogP) is 3.28. The van der Waals surface area contributed by atoms with Crippen molar-refractivity contribution in [1.29, 1.82) is 0 Å². The number of nitrogens with one attached hydrogen (secondary N) is 1. The average molecular weight is 278 g/mol. The Bertz CT molecular complexity index is 528. The van der Waals surface area contributed by atoms with Gasteiger partial charge in [-0.05, 0) is 56.1 Å². The first-order chi connectivity index (χ1) is 9.10. The molecule has 0 spiro atoms. The van der Waals surface area contributed by atoms with Crippen LogP contribution < -0.4 is 5.32 Å². The molecule has 1 atom stereocenters. The highest BCUT2D eigenvalue weighted by Gasteiger charge is 2.11. The molecule has 102 valence electrons. The minimum atomic E-state index is 0.312.